The molecular weight excluding hydrogens is 655 g/mol. The maximum absolute atomic E-state index is 5.06. The van der Waals surface area contributed by atoms with Gasteiger partial charge in [0.2, 0.25) is 5.95 Å². The van der Waals surface area contributed by atoms with Crippen molar-refractivity contribution in [3.8, 4) is 28.5 Å². The van der Waals surface area contributed by atoms with Gasteiger partial charge in [0.15, 0.2) is 5.82 Å². The van der Waals surface area contributed by atoms with E-state index in [2.05, 4.69) is 149 Å². The average molecular weight is 686 g/mol. The summed E-state index contributed by atoms with van der Waals surface area (Å²) in [5.74, 6) is 1.94. The van der Waals surface area contributed by atoms with E-state index in [1.165, 1.54) is 20.2 Å². The molecule has 0 radical (unpaired) electrons. The maximum atomic E-state index is 5.06. The summed E-state index contributed by atoms with van der Waals surface area (Å²) in [6.45, 7) is 1.93. The lowest BCUT2D eigenvalue weighted by Gasteiger charge is -2.26. The lowest BCUT2D eigenvalue weighted by atomic mass is 10.0. The summed E-state index contributed by atoms with van der Waals surface area (Å²) in [6.07, 6.45) is 0. The number of thiophene rings is 1. The third-order valence-electron chi connectivity index (χ3n) is 9.73. The zero-order valence-electron chi connectivity index (χ0n) is 28.3. The first-order valence-corrected chi connectivity index (χ1v) is 18.2. The Morgan fingerprint density at radius 2 is 1.13 bits per heavy atom. The Bertz CT molecular complexity index is 2910. The molecule has 10 rings (SSSR count). The Morgan fingerprint density at radius 1 is 0.481 bits per heavy atom. The predicted octanol–water partition coefficient (Wildman–Crippen LogP) is 12.4. The topological polar surface area (TPSA) is 46.8 Å². The van der Waals surface area contributed by atoms with E-state index in [0.29, 0.717) is 17.6 Å². The molecule has 0 unspecified atom stereocenters. The normalized spacial score (nSPS) is 11.6. The summed E-state index contributed by atoms with van der Waals surface area (Å²) in [6, 6.07) is 60.1. The molecule has 0 aliphatic rings. The molecule has 0 spiro atoms. The number of rotatable bonds is 6. The van der Waals surface area contributed by atoms with Gasteiger partial charge in [0.25, 0.3) is 0 Å². The first kappa shape index (κ1) is 30.2. The number of fused-ring (bicyclic) bond motifs is 6. The largest absolute Gasteiger partial charge is 0.310 e. The molecule has 0 aliphatic heterocycles. The first-order valence-electron chi connectivity index (χ1n) is 17.4. The molecule has 0 amide bonds. The van der Waals surface area contributed by atoms with Crippen LogP contribution in [0.2, 0.25) is 0 Å². The monoisotopic (exact) mass is 685 g/mol. The van der Waals surface area contributed by atoms with Gasteiger partial charge in [0.05, 0.1) is 11.0 Å². The Kier molecular flexibility index (Phi) is 7.15. The molecule has 0 saturated heterocycles. The highest BCUT2D eigenvalue weighted by Gasteiger charge is 2.20. The quantitative estimate of drug-likeness (QED) is 0.175. The maximum Gasteiger partial charge on any atom is 0.238 e. The van der Waals surface area contributed by atoms with Gasteiger partial charge in [0, 0.05) is 59.1 Å². The minimum Gasteiger partial charge on any atom is -0.310 e. The molecule has 0 fully saturated rings. The minimum absolute atomic E-state index is 0.605. The van der Waals surface area contributed by atoms with Gasteiger partial charge >= 0.3 is 0 Å². The number of nitrogens with zero attached hydrogens (tertiary/aromatic N) is 5. The van der Waals surface area contributed by atoms with Crippen LogP contribution < -0.4 is 4.90 Å². The van der Waals surface area contributed by atoms with Crippen molar-refractivity contribution < 1.29 is 0 Å². The molecule has 10 aromatic rings. The van der Waals surface area contributed by atoms with Gasteiger partial charge in [-0.05, 0) is 67.1 Å². The lowest BCUT2D eigenvalue weighted by molar-refractivity contribution is 0.907. The first-order chi connectivity index (χ1) is 25.7. The number of para-hydroxylation sites is 3. The number of benzene rings is 7. The van der Waals surface area contributed by atoms with Crippen LogP contribution in [-0.2, 0) is 0 Å². The van der Waals surface area contributed by atoms with E-state index in [-0.39, 0.29) is 0 Å². The van der Waals surface area contributed by atoms with E-state index in [4.69, 9.17) is 15.0 Å². The van der Waals surface area contributed by atoms with Crippen molar-refractivity contribution in [1.82, 2.24) is 19.5 Å². The highest BCUT2D eigenvalue weighted by molar-refractivity contribution is 7.25. The summed E-state index contributed by atoms with van der Waals surface area (Å²) in [5.41, 5.74) is 8.61. The molecule has 7 aromatic carbocycles. The third-order valence-corrected chi connectivity index (χ3v) is 10.9. The number of aryl methyl sites for hydroxylation is 1. The molecule has 0 saturated carbocycles. The fraction of sp³-hybridized carbons (Fsp3) is 0.0217. The van der Waals surface area contributed by atoms with Crippen molar-refractivity contribution in [1.29, 1.82) is 0 Å². The van der Waals surface area contributed by atoms with E-state index in [1.807, 2.05) is 48.6 Å². The fourth-order valence-electron chi connectivity index (χ4n) is 7.41. The molecule has 0 atom stereocenters. The fourth-order valence-corrected chi connectivity index (χ4v) is 8.50. The van der Waals surface area contributed by atoms with E-state index in [0.717, 1.165) is 55.6 Å². The van der Waals surface area contributed by atoms with Crippen molar-refractivity contribution in [2.24, 2.45) is 0 Å². The van der Waals surface area contributed by atoms with Crippen LogP contribution in [0.1, 0.15) is 5.82 Å². The van der Waals surface area contributed by atoms with Crippen molar-refractivity contribution in [2.45, 2.75) is 6.92 Å². The molecule has 246 valence electrons. The van der Waals surface area contributed by atoms with Crippen LogP contribution in [0.4, 0.5) is 17.1 Å². The van der Waals surface area contributed by atoms with Crippen molar-refractivity contribution >= 4 is 70.4 Å². The van der Waals surface area contributed by atoms with E-state index >= 15 is 0 Å². The van der Waals surface area contributed by atoms with Crippen LogP contribution >= 0.6 is 11.3 Å². The second-order valence-electron chi connectivity index (χ2n) is 12.9. The van der Waals surface area contributed by atoms with Crippen LogP contribution in [0.3, 0.4) is 0 Å². The molecule has 6 heteroatoms. The Morgan fingerprint density at radius 3 is 1.96 bits per heavy atom. The van der Waals surface area contributed by atoms with Gasteiger partial charge in [-0.1, -0.05) is 115 Å². The highest BCUT2D eigenvalue weighted by Crippen LogP contribution is 2.42. The van der Waals surface area contributed by atoms with E-state index in [1.54, 1.807) is 0 Å². The summed E-state index contributed by atoms with van der Waals surface area (Å²) in [4.78, 5) is 17.0. The minimum atomic E-state index is 0.605. The lowest BCUT2D eigenvalue weighted by Crippen LogP contribution is -2.09. The van der Waals surface area contributed by atoms with Crippen molar-refractivity contribution in [3.05, 3.63) is 176 Å². The number of hydrogen-bond donors (Lipinski definition) is 0. The summed E-state index contributed by atoms with van der Waals surface area (Å²) in [5, 5.41) is 4.88. The van der Waals surface area contributed by atoms with Crippen LogP contribution in [0, 0.1) is 6.92 Å². The van der Waals surface area contributed by atoms with Crippen molar-refractivity contribution in [3.63, 3.8) is 0 Å². The molecular formula is C46H31N5S. The SMILES string of the molecule is Cc1nc(-c2ccccc2)nc(-n2c3ccccc3c3cccc(-c4ccc(N(c5ccccc5)c5ccc6sc7ccccc7c6c5)cc4)c32)n1. The zero-order valence-corrected chi connectivity index (χ0v) is 29.1. The molecule has 0 N–H and O–H groups in total. The van der Waals surface area contributed by atoms with Gasteiger partial charge in [-0.15, -0.1) is 11.3 Å². The van der Waals surface area contributed by atoms with E-state index < -0.39 is 0 Å². The van der Waals surface area contributed by atoms with Gasteiger partial charge in [-0.3, -0.25) is 4.57 Å². The number of aromatic nitrogens is 4. The highest BCUT2D eigenvalue weighted by atomic mass is 32.1. The molecule has 5 nitrogen and oxygen atoms in total. The molecule has 3 aromatic heterocycles. The smallest absolute Gasteiger partial charge is 0.238 e. The predicted molar refractivity (Wildman–Crippen MR) is 217 cm³/mol. The third kappa shape index (κ3) is 5.03. The summed E-state index contributed by atoms with van der Waals surface area (Å²) in [7, 11) is 0. The van der Waals surface area contributed by atoms with Crippen LogP contribution in [0.25, 0.3) is 70.4 Å². The van der Waals surface area contributed by atoms with Crippen LogP contribution in [0.5, 0.6) is 0 Å². The van der Waals surface area contributed by atoms with Crippen LogP contribution in [-0.4, -0.2) is 19.5 Å². The Balaban J connectivity index is 1.13. The van der Waals surface area contributed by atoms with Gasteiger partial charge in [-0.25, -0.2) is 4.98 Å². The van der Waals surface area contributed by atoms with Gasteiger partial charge in [-0.2, -0.15) is 9.97 Å². The van der Waals surface area contributed by atoms with Crippen molar-refractivity contribution in [2.75, 3.05) is 4.90 Å². The Labute approximate surface area is 304 Å². The van der Waals surface area contributed by atoms with Crippen LogP contribution in [0.15, 0.2) is 170 Å². The summed E-state index contributed by atoms with van der Waals surface area (Å²) >= 11 is 1.84. The summed E-state index contributed by atoms with van der Waals surface area (Å²) < 4.78 is 4.80. The average Bonchev–Trinajstić information content (AvgIpc) is 3.75. The molecule has 3 heterocycles. The number of hydrogen-bond acceptors (Lipinski definition) is 5. The second kappa shape index (κ2) is 12.3. The molecule has 52 heavy (non-hydrogen) atoms. The number of anilines is 3. The van der Waals surface area contributed by atoms with Gasteiger partial charge in [0.1, 0.15) is 5.82 Å². The zero-order chi connectivity index (χ0) is 34.6. The molecule has 0 aliphatic carbocycles. The Hall–Kier alpha value is -6.63. The van der Waals surface area contributed by atoms with E-state index in [9.17, 15) is 0 Å². The van der Waals surface area contributed by atoms with Gasteiger partial charge < -0.3 is 4.90 Å². The molecule has 0 bridgehead atoms. The second-order valence-corrected chi connectivity index (χ2v) is 14.0. The standard InChI is InChI=1S/C46H31N5S/c1-30-47-45(32-13-4-2-5-14-32)49-46(48-30)51-41-21-10-8-17-37(41)39-20-12-19-36(44(39)51)31-23-25-34(26-24-31)50(33-15-6-3-7-16-33)35-27-28-43-40(29-35)38-18-9-11-22-42(38)52-43/h2-29H,1H3.